The molecule has 1 amide bonds. The van der Waals surface area contributed by atoms with Gasteiger partial charge in [-0.2, -0.15) is 0 Å². The Balaban J connectivity index is 3.64. The highest BCUT2D eigenvalue weighted by Crippen LogP contribution is 2.09. The number of hydrogen-bond donors (Lipinski definition) is 2. The monoisotopic (exact) mass is 229 g/mol. The summed E-state index contributed by atoms with van der Waals surface area (Å²) in [5.74, 6) is 0.960. The third-order valence-corrected chi connectivity index (χ3v) is 2.59. The Hall–Kier alpha value is -0.570. The molecule has 0 saturated carbocycles. The molecule has 2 N–H and O–H groups in total. The molecule has 16 heavy (non-hydrogen) atoms. The highest BCUT2D eigenvalue weighted by Gasteiger charge is 2.11. The van der Waals surface area contributed by atoms with Crippen molar-refractivity contribution >= 4 is 5.91 Å². The molecule has 3 nitrogen and oxygen atoms in total. The molecule has 0 aromatic heterocycles. The van der Waals surface area contributed by atoms with E-state index >= 15 is 0 Å². The van der Waals surface area contributed by atoms with Crippen LogP contribution in [0.2, 0.25) is 0 Å². The highest BCUT2D eigenvalue weighted by molar-refractivity contribution is 5.76. The Morgan fingerprint density at radius 1 is 1.31 bits per heavy atom. The van der Waals surface area contributed by atoms with E-state index in [1.54, 1.807) is 0 Å². The topological polar surface area (TPSA) is 49.3 Å². The van der Waals surface area contributed by atoms with E-state index in [-0.39, 0.29) is 5.91 Å². The van der Waals surface area contributed by atoms with Gasteiger partial charge in [-0.1, -0.05) is 40.5 Å². The fraction of sp³-hybridized carbons (Fsp3) is 0.923. The second-order valence-electron chi connectivity index (χ2n) is 5.19. The van der Waals surface area contributed by atoms with E-state index in [9.17, 15) is 9.90 Å². The summed E-state index contributed by atoms with van der Waals surface area (Å²) >= 11 is 0. The Morgan fingerprint density at radius 2 is 1.94 bits per heavy atom. The first-order chi connectivity index (χ1) is 7.45. The molecule has 96 valence electrons. The van der Waals surface area contributed by atoms with Crippen LogP contribution in [0.25, 0.3) is 0 Å². The van der Waals surface area contributed by atoms with Gasteiger partial charge in [0, 0.05) is 13.0 Å². The van der Waals surface area contributed by atoms with Crippen LogP contribution in [0, 0.1) is 11.8 Å². The van der Waals surface area contributed by atoms with Crippen molar-refractivity contribution in [3.8, 4) is 0 Å². The summed E-state index contributed by atoms with van der Waals surface area (Å²) in [5, 5.41) is 12.4. The molecule has 0 aliphatic carbocycles. The zero-order valence-corrected chi connectivity index (χ0v) is 11.1. The van der Waals surface area contributed by atoms with Gasteiger partial charge >= 0.3 is 0 Å². The minimum atomic E-state index is -0.412. The predicted octanol–water partition coefficient (Wildman–Crippen LogP) is 2.34. The smallest absolute Gasteiger partial charge is 0.220 e. The van der Waals surface area contributed by atoms with Crippen LogP contribution in [0.15, 0.2) is 0 Å². The van der Waals surface area contributed by atoms with Crippen LogP contribution in [0.4, 0.5) is 0 Å². The Bertz CT molecular complexity index is 192. The summed E-state index contributed by atoms with van der Waals surface area (Å²) in [6.07, 6.45) is 3.10. The fourth-order valence-electron chi connectivity index (χ4n) is 1.84. The molecule has 0 aromatic rings. The predicted molar refractivity (Wildman–Crippen MR) is 67.2 cm³/mol. The lowest BCUT2D eigenvalue weighted by atomic mass is 10.0. The van der Waals surface area contributed by atoms with Gasteiger partial charge in [0.2, 0.25) is 5.91 Å². The molecule has 0 heterocycles. The number of aliphatic hydroxyl groups is 1. The van der Waals surface area contributed by atoms with Gasteiger partial charge in [0.1, 0.15) is 0 Å². The van der Waals surface area contributed by atoms with E-state index < -0.39 is 6.10 Å². The quantitative estimate of drug-likeness (QED) is 0.671. The molecule has 0 bridgehead atoms. The standard InChI is InChI=1S/C13H27NO2/c1-5-6-11(4)8-13(16)14-9-12(15)7-10(2)3/h10-12,15H,5-9H2,1-4H3,(H,14,16). The molecule has 0 rings (SSSR count). The number of rotatable bonds is 8. The van der Waals surface area contributed by atoms with Gasteiger partial charge < -0.3 is 10.4 Å². The van der Waals surface area contributed by atoms with Gasteiger partial charge in [-0.05, 0) is 18.3 Å². The third-order valence-electron chi connectivity index (χ3n) is 2.59. The van der Waals surface area contributed by atoms with Gasteiger partial charge in [0.05, 0.1) is 6.10 Å². The molecular formula is C13H27NO2. The second-order valence-corrected chi connectivity index (χ2v) is 5.19. The van der Waals surface area contributed by atoms with E-state index in [1.165, 1.54) is 0 Å². The van der Waals surface area contributed by atoms with Gasteiger partial charge in [0.25, 0.3) is 0 Å². The van der Waals surface area contributed by atoms with Crippen molar-refractivity contribution in [1.82, 2.24) is 5.32 Å². The third kappa shape index (κ3) is 8.72. The van der Waals surface area contributed by atoms with Crippen molar-refractivity contribution in [2.75, 3.05) is 6.54 Å². The first-order valence-corrected chi connectivity index (χ1v) is 6.40. The first-order valence-electron chi connectivity index (χ1n) is 6.40. The van der Waals surface area contributed by atoms with E-state index in [0.29, 0.717) is 24.8 Å². The van der Waals surface area contributed by atoms with Crippen LogP contribution in [-0.4, -0.2) is 23.7 Å². The molecule has 0 saturated heterocycles. The van der Waals surface area contributed by atoms with Gasteiger partial charge in [0.15, 0.2) is 0 Å². The Morgan fingerprint density at radius 3 is 2.44 bits per heavy atom. The van der Waals surface area contributed by atoms with Crippen molar-refractivity contribution in [3.05, 3.63) is 0 Å². The zero-order chi connectivity index (χ0) is 12.6. The van der Waals surface area contributed by atoms with Crippen molar-refractivity contribution in [2.45, 2.75) is 59.5 Å². The molecular weight excluding hydrogens is 202 g/mol. The maximum atomic E-state index is 11.5. The highest BCUT2D eigenvalue weighted by atomic mass is 16.3. The van der Waals surface area contributed by atoms with Gasteiger partial charge in [-0.15, -0.1) is 0 Å². The molecule has 3 heteroatoms. The van der Waals surface area contributed by atoms with E-state index in [1.807, 2.05) is 0 Å². The summed E-state index contributed by atoms with van der Waals surface area (Å²) < 4.78 is 0. The first kappa shape index (κ1) is 15.4. The SMILES string of the molecule is CCCC(C)CC(=O)NCC(O)CC(C)C. The molecule has 0 radical (unpaired) electrons. The average molecular weight is 229 g/mol. The number of amides is 1. The van der Waals surface area contributed by atoms with Gasteiger partial charge in [-0.25, -0.2) is 0 Å². The largest absolute Gasteiger partial charge is 0.391 e. The van der Waals surface area contributed by atoms with Crippen LogP contribution >= 0.6 is 0 Å². The summed E-state index contributed by atoms with van der Waals surface area (Å²) in [6.45, 7) is 8.73. The Kier molecular flexibility index (Phi) is 8.26. The van der Waals surface area contributed by atoms with Crippen molar-refractivity contribution in [2.24, 2.45) is 11.8 Å². The minimum Gasteiger partial charge on any atom is -0.391 e. The van der Waals surface area contributed by atoms with Crippen LogP contribution < -0.4 is 5.32 Å². The molecule has 0 aromatic carbocycles. The van der Waals surface area contributed by atoms with E-state index in [2.05, 4.69) is 33.0 Å². The maximum Gasteiger partial charge on any atom is 0.220 e. The summed E-state index contributed by atoms with van der Waals surface area (Å²) in [7, 11) is 0. The molecule has 0 spiro atoms. The van der Waals surface area contributed by atoms with Crippen LogP contribution in [0.1, 0.15) is 53.4 Å². The molecule has 2 atom stereocenters. The van der Waals surface area contributed by atoms with Crippen molar-refractivity contribution in [1.29, 1.82) is 0 Å². The lowest BCUT2D eigenvalue weighted by Crippen LogP contribution is -2.33. The number of nitrogens with one attached hydrogen (secondary N) is 1. The number of carbonyl (C=O) groups excluding carboxylic acids is 1. The normalized spacial score (nSPS) is 14.9. The minimum absolute atomic E-state index is 0.0590. The summed E-state index contributed by atoms with van der Waals surface area (Å²) in [4.78, 5) is 11.5. The number of aliphatic hydroxyl groups excluding tert-OH is 1. The number of carbonyl (C=O) groups is 1. The lowest BCUT2D eigenvalue weighted by molar-refractivity contribution is -0.122. The van der Waals surface area contributed by atoms with Crippen LogP contribution in [0.5, 0.6) is 0 Å². The number of hydrogen-bond acceptors (Lipinski definition) is 2. The Labute approximate surface area is 99.6 Å². The second kappa shape index (κ2) is 8.57. The lowest BCUT2D eigenvalue weighted by Gasteiger charge is -2.15. The van der Waals surface area contributed by atoms with E-state index in [0.717, 1.165) is 19.3 Å². The fourth-order valence-corrected chi connectivity index (χ4v) is 1.84. The van der Waals surface area contributed by atoms with E-state index in [4.69, 9.17) is 0 Å². The molecule has 0 aliphatic heterocycles. The average Bonchev–Trinajstić information content (AvgIpc) is 2.14. The van der Waals surface area contributed by atoms with Crippen LogP contribution in [0.3, 0.4) is 0 Å². The molecule has 2 unspecified atom stereocenters. The molecule has 0 fully saturated rings. The molecule has 0 aliphatic rings. The van der Waals surface area contributed by atoms with Crippen molar-refractivity contribution < 1.29 is 9.90 Å². The zero-order valence-electron chi connectivity index (χ0n) is 11.1. The summed E-state index contributed by atoms with van der Waals surface area (Å²) in [6, 6.07) is 0. The van der Waals surface area contributed by atoms with Crippen LogP contribution in [-0.2, 0) is 4.79 Å². The maximum absolute atomic E-state index is 11.5. The summed E-state index contributed by atoms with van der Waals surface area (Å²) in [5.41, 5.74) is 0. The van der Waals surface area contributed by atoms with Gasteiger partial charge in [-0.3, -0.25) is 4.79 Å². The van der Waals surface area contributed by atoms with Crippen molar-refractivity contribution in [3.63, 3.8) is 0 Å².